The standard InChI is InChI=1S/C19H21N3O4/c1-11(21-10-18(23)20-2)19(24)22-14-9-16-13(8-17(14)25-3)12-6-4-5-7-15(12)26-16/h4-9,11,21H,10H2,1-3H3,(H,20,23)(H,22,24)/p+1/t11-/m1/s1. The van der Waals surface area contributed by atoms with Crippen LogP contribution in [0.1, 0.15) is 6.92 Å². The fraction of sp³-hybridized carbons (Fsp3) is 0.263. The number of likely N-dealkylation sites (N-methyl/N-ethyl adjacent to an activating group) is 1. The maximum atomic E-state index is 12.4. The quantitative estimate of drug-likeness (QED) is 0.619. The molecule has 0 radical (unpaired) electrons. The highest BCUT2D eigenvalue weighted by molar-refractivity contribution is 6.08. The molecule has 4 N–H and O–H groups in total. The van der Waals surface area contributed by atoms with Crippen LogP contribution in [-0.4, -0.2) is 38.6 Å². The molecule has 2 aromatic carbocycles. The average molecular weight is 356 g/mol. The zero-order valence-corrected chi connectivity index (χ0v) is 15.0. The molecule has 3 aromatic rings. The summed E-state index contributed by atoms with van der Waals surface area (Å²) in [7, 11) is 3.12. The van der Waals surface area contributed by atoms with E-state index in [2.05, 4.69) is 10.6 Å². The van der Waals surface area contributed by atoms with Gasteiger partial charge in [0.2, 0.25) is 0 Å². The summed E-state index contributed by atoms with van der Waals surface area (Å²) in [4.78, 5) is 23.8. The third kappa shape index (κ3) is 3.48. The summed E-state index contributed by atoms with van der Waals surface area (Å²) in [5.74, 6) is 0.199. The summed E-state index contributed by atoms with van der Waals surface area (Å²) in [6.07, 6.45) is 0. The summed E-state index contributed by atoms with van der Waals surface area (Å²) in [6, 6.07) is 10.9. The van der Waals surface area contributed by atoms with Crippen LogP contribution in [-0.2, 0) is 9.59 Å². The van der Waals surface area contributed by atoms with Gasteiger partial charge in [0.1, 0.15) is 16.9 Å². The molecular weight excluding hydrogens is 334 g/mol. The zero-order chi connectivity index (χ0) is 18.7. The lowest BCUT2D eigenvalue weighted by atomic mass is 10.1. The first-order valence-corrected chi connectivity index (χ1v) is 8.37. The van der Waals surface area contributed by atoms with E-state index in [1.807, 2.05) is 30.3 Å². The molecule has 0 saturated heterocycles. The molecule has 136 valence electrons. The predicted octanol–water partition coefficient (Wildman–Crippen LogP) is 1.23. The van der Waals surface area contributed by atoms with Gasteiger partial charge >= 0.3 is 0 Å². The van der Waals surface area contributed by atoms with E-state index in [0.29, 0.717) is 17.0 Å². The van der Waals surface area contributed by atoms with Crippen molar-refractivity contribution in [3.8, 4) is 5.75 Å². The zero-order valence-electron chi connectivity index (χ0n) is 15.0. The lowest BCUT2D eigenvalue weighted by Crippen LogP contribution is -2.93. The number of carbonyl (C=O) groups is 2. The van der Waals surface area contributed by atoms with E-state index >= 15 is 0 Å². The average Bonchev–Trinajstić information content (AvgIpc) is 3.02. The first-order chi connectivity index (χ1) is 12.5. The molecule has 2 amide bonds. The van der Waals surface area contributed by atoms with Gasteiger partial charge in [-0.05, 0) is 19.1 Å². The SMILES string of the molecule is CNC(=O)C[NH2+][C@H](C)C(=O)Nc1cc2oc3ccccc3c2cc1OC. The van der Waals surface area contributed by atoms with E-state index in [4.69, 9.17) is 9.15 Å². The molecule has 1 atom stereocenters. The van der Waals surface area contributed by atoms with Gasteiger partial charge in [0.15, 0.2) is 12.6 Å². The highest BCUT2D eigenvalue weighted by Crippen LogP contribution is 2.36. The number of nitrogens with one attached hydrogen (secondary N) is 2. The van der Waals surface area contributed by atoms with E-state index < -0.39 is 6.04 Å². The molecule has 1 heterocycles. The summed E-state index contributed by atoms with van der Waals surface area (Å²) in [5, 5.41) is 8.96. The maximum Gasteiger partial charge on any atom is 0.282 e. The van der Waals surface area contributed by atoms with Crippen molar-refractivity contribution in [3.05, 3.63) is 36.4 Å². The lowest BCUT2D eigenvalue weighted by Gasteiger charge is -2.13. The Kier molecular flexibility index (Phi) is 5.09. The van der Waals surface area contributed by atoms with Crippen molar-refractivity contribution in [3.63, 3.8) is 0 Å². The van der Waals surface area contributed by atoms with Gasteiger partial charge in [0, 0.05) is 23.9 Å². The topological polar surface area (TPSA) is 97.2 Å². The first kappa shape index (κ1) is 17.8. The molecular formula is C19H22N3O4+. The Labute approximate surface area is 150 Å². The van der Waals surface area contributed by atoms with Crippen molar-refractivity contribution in [2.75, 3.05) is 26.0 Å². The summed E-state index contributed by atoms with van der Waals surface area (Å²) >= 11 is 0. The number of carbonyl (C=O) groups excluding carboxylic acids is 2. The van der Waals surface area contributed by atoms with Gasteiger partial charge < -0.3 is 25.1 Å². The summed E-state index contributed by atoms with van der Waals surface area (Å²) in [6.45, 7) is 1.93. The van der Waals surface area contributed by atoms with Crippen LogP contribution >= 0.6 is 0 Å². The number of ether oxygens (including phenoxy) is 1. The van der Waals surface area contributed by atoms with Crippen molar-refractivity contribution in [1.29, 1.82) is 0 Å². The molecule has 0 bridgehead atoms. The van der Waals surface area contributed by atoms with Crippen molar-refractivity contribution >= 4 is 39.4 Å². The van der Waals surface area contributed by atoms with Gasteiger partial charge in [-0.15, -0.1) is 0 Å². The molecule has 0 saturated carbocycles. The lowest BCUT2D eigenvalue weighted by molar-refractivity contribution is -0.662. The molecule has 7 heteroatoms. The minimum atomic E-state index is -0.427. The van der Waals surface area contributed by atoms with Gasteiger partial charge in [-0.25, -0.2) is 0 Å². The Bertz CT molecular complexity index is 964. The fourth-order valence-electron chi connectivity index (χ4n) is 2.76. The number of benzene rings is 2. The van der Waals surface area contributed by atoms with Crippen LogP contribution in [0, 0.1) is 0 Å². The number of methoxy groups -OCH3 is 1. The normalized spacial score (nSPS) is 12.1. The Hall–Kier alpha value is -3.06. The molecule has 0 aliphatic carbocycles. The number of hydrogen-bond donors (Lipinski definition) is 3. The van der Waals surface area contributed by atoms with Gasteiger partial charge in [-0.3, -0.25) is 9.59 Å². The third-order valence-electron chi connectivity index (χ3n) is 4.31. The second-order valence-electron chi connectivity index (χ2n) is 6.04. The fourth-order valence-corrected chi connectivity index (χ4v) is 2.76. The second kappa shape index (κ2) is 7.45. The Morgan fingerprint density at radius 3 is 2.69 bits per heavy atom. The molecule has 0 aliphatic rings. The number of amides is 2. The number of furan rings is 1. The van der Waals surface area contributed by atoms with Crippen LogP contribution in [0.15, 0.2) is 40.8 Å². The molecule has 7 nitrogen and oxygen atoms in total. The molecule has 0 fully saturated rings. The Morgan fingerprint density at radius 1 is 1.19 bits per heavy atom. The van der Waals surface area contributed by atoms with E-state index in [-0.39, 0.29) is 18.4 Å². The Morgan fingerprint density at radius 2 is 1.96 bits per heavy atom. The Balaban J connectivity index is 1.85. The van der Waals surface area contributed by atoms with E-state index in [0.717, 1.165) is 16.4 Å². The van der Waals surface area contributed by atoms with Crippen LogP contribution in [0.3, 0.4) is 0 Å². The predicted molar refractivity (Wildman–Crippen MR) is 99.2 cm³/mol. The highest BCUT2D eigenvalue weighted by atomic mass is 16.5. The van der Waals surface area contributed by atoms with Crippen molar-refractivity contribution in [2.24, 2.45) is 0 Å². The molecule has 0 aliphatic heterocycles. The van der Waals surface area contributed by atoms with Crippen LogP contribution in [0.2, 0.25) is 0 Å². The van der Waals surface area contributed by atoms with Crippen LogP contribution < -0.4 is 20.7 Å². The summed E-state index contributed by atoms with van der Waals surface area (Å²) < 4.78 is 11.3. The number of para-hydroxylation sites is 1. The number of rotatable bonds is 6. The van der Waals surface area contributed by atoms with Crippen LogP contribution in [0.5, 0.6) is 5.75 Å². The second-order valence-corrected chi connectivity index (χ2v) is 6.04. The van der Waals surface area contributed by atoms with Crippen LogP contribution in [0.4, 0.5) is 5.69 Å². The summed E-state index contributed by atoms with van der Waals surface area (Å²) in [5.41, 5.74) is 1.98. The molecule has 0 spiro atoms. The van der Waals surface area contributed by atoms with Crippen molar-refractivity contribution in [2.45, 2.75) is 13.0 Å². The molecule has 3 rings (SSSR count). The van der Waals surface area contributed by atoms with Crippen molar-refractivity contribution < 1.29 is 24.1 Å². The van der Waals surface area contributed by atoms with E-state index in [1.54, 1.807) is 32.5 Å². The largest absolute Gasteiger partial charge is 0.495 e. The molecule has 26 heavy (non-hydrogen) atoms. The molecule has 0 unspecified atom stereocenters. The third-order valence-corrected chi connectivity index (χ3v) is 4.31. The maximum absolute atomic E-state index is 12.4. The van der Waals surface area contributed by atoms with Gasteiger partial charge in [-0.2, -0.15) is 0 Å². The number of nitrogens with two attached hydrogens (primary N) is 1. The van der Waals surface area contributed by atoms with Gasteiger partial charge in [0.05, 0.1) is 12.8 Å². The van der Waals surface area contributed by atoms with Gasteiger partial charge in [-0.1, -0.05) is 18.2 Å². The van der Waals surface area contributed by atoms with E-state index in [9.17, 15) is 9.59 Å². The number of hydrogen-bond acceptors (Lipinski definition) is 4. The smallest absolute Gasteiger partial charge is 0.282 e. The number of fused-ring (bicyclic) bond motifs is 3. The monoisotopic (exact) mass is 356 g/mol. The number of anilines is 1. The number of quaternary nitrogens is 1. The highest BCUT2D eigenvalue weighted by Gasteiger charge is 2.20. The molecule has 1 aromatic heterocycles. The van der Waals surface area contributed by atoms with Crippen LogP contribution in [0.25, 0.3) is 21.9 Å². The van der Waals surface area contributed by atoms with E-state index in [1.165, 1.54) is 0 Å². The minimum absolute atomic E-state index is 0.133. The van der Waals surface area contributed by atoms with Crippen molar-refractivity contribution in [1.82, 2.24) is 5.32 Å². The van der Waals surface area contributed by atoms with Gasteiger partial charge in [0.25, 0.3) is 11.8 Å². The minimum Gasteiger partial charge on any atom is -0.495 e. The first-order valence-electron chi connectivity index (χ1n) is 8.37.